The van der Waals surface area contributed by atoms with Crippen molar-refractivity contribution in [3.8, 4) is 33.4 Å². The maximum absolute atomic E-state index is 6.38. The van der Waals surface area contributed by atoms with Gasteiger partial charge in [-0.05, 0) is 120 Å². The van der Waals surface area contributed by atoms with Crippen molar-refractivity contribution in [2.45, 2.75) is 0 Å². The third kappa shape index (κ3) is 5.42. The third-order valence-electron chi connectivity index (χ3n) is 11.2. The molecule has 1 aromatic heterocycles. The lowest BCUT2D eigenvalue weighted by Crippen LogP contribution is -2.10. The Morgan fingerprint density at radius 3 is 1.62 bits per heavy atom. The molecule has 0 atom stereocenters. The van der Waals surface area contributed by atoms with Crippen molar-refractivity contribution in [3.05, 3.63) is 212 Å². The van der Waals surface area contributed by atoms with E-state index in [0.717, 1.165) is 39.0 Å². The summed E-state index contributed by atoms with van der Waals surface area (Å²) in [4.78, 5) is 2.36. The van der Waals surface area contributed by atoms with Crippen molar-refractivity contribution in [2.24, 2.45) is 0 Å². The first-order chi connectivity index (χ1) is 27.7. The van der Waals surface area contributed by atoms with Crippen LogP contribution in [0.3, 0.4) is 0 Å². The highest BCUT2D eigenvalue weighted by Gasteiger charge is 2.20. The molecule has 0 amide bonds. The number of nitrogens with zero attached hydrogens (tertiary/aromatic N) is 1. The fraction of sp³-hybridized carbons (Fsp3) is 0. The highest BCUT2D eigenvalue weighted by molar-refractivity contribution is 6.13. The average molecular weight is 714 g/mol. The van der Waals surface area contributed by atoms with Crippen LogP contribution in [-0.2, 0) is 0 Å². The van der Waals surface area contributed by atoms with Crippen LogP contribution >= 0.6 is 0 Å². The molecule has 2 nitrogen and oxygen atoms in total. The van der Waals surface area contributed by atoms with Crippen molar-refractivity contribution in [2.75, 3.05) is 4.90 Å². The van der Waals surface area contributed by atoms with Gasteiger partial charge in [-0.15, -0.1) is 0 Å². The molecule has 0 radical (unpaired) electrons. The minimum atomic E-state index is 0.871. The zero-order valence-electron chi connectivity index (χ0n) is 30.6. The predicted octanol–water partition coefficient (Wildman–Crippen LogP) is 15.5. The molecule has 56 heavy (non-hydrogen) atoms. The second kappa shape index (κ2) is 13.2. The molecule has 262 valence electrons. The number of fused-ring (bicyclic) bond motifs is 7. The Labute approximate surface area is 325 Å². The standard InChI is InChI=1S/C54H35NO/c1-3-15-46-38(10-1)12-8-18-48(46)42-14-7-13-40(34-42)36-24-29-44(30-25-36)55(51-19-9-21-53-54(51)50-17-5-6-20-52(50)56-53)45-31-26-37(27-32-45)41-28-33-49-43(35-41)23-22-39-11-2-4-16-47(39)49/h1-35H. The van der Waals surface area contributed by atoms with Gasteiger partial charge in [-0.2, -0.15) is 0 Å². The van der Waals surface area contributed by atoms with Crippen molar-refractivity contribution in [1.29, 1.82) is 0 Å². The Balaban J connectivity index is 1.00. The molecule has 10 aromatic carbocycles. The van der Waals surface area contributed by atoms with Crippen LogP contribution in [0.2, 0.25) is 0 Å². The molecule has 11 rings (SSSR count). The van der Waals surface area contributed by atoms with E-state index in [1.165, 1.54) is 65.7 Å². The fourth-order valence-corrected chi connectivity index (χ4v) is 8.51. The van der Waals surface area contributed by atoms with Crippen LogP contribution in [0.1, 0.15) is 0 Å². The van der Waals surface area contributed by atoms with Crippen LogP contribution in [0.15, 0.2) is 217 Å². The maximum Gasteiger partial charge on any atom is 0.137 e. The van der Waals surface area contributed by atoms with E-state index >= 15 is 0 Å². The second-order valence-corrected chi connectivity index (χ2v) is 14.5. The van der Waals surface area contributed by atoms with Crippen LogP contribution in [0.25, 0.3) is 87.6 Å². The molecule has 0 saturated heterocycles. The molecule has 0 unspecified atom stereocenters. The van der Waals surface area contributed by atoms with E-state index in [1.807, 2.05) is 12.1 Å². The van der Waals surface area contributed by atoms with Crippen molar-refractivity contribution >= 4 is 71.3 Å². The topological polar surface area (TPSA) is 16.4 Å². The fourth-order valence-electron chi connectivity index (χ4n) is 8.51. The van der Waals surface area contributed by atoms with Crippen LogP contribution in [0, 0.1) is 0 Å². The Bertz CT molecular complexity index is 3240. The number of anilines is 3. The summed E-state index contributed by atoms with van der Waals surface area (Å²) < 4.78 is 6.38. The highest BCUT2D eigenvalue weighted by Crippen LogP contribution is 2.44. The molecule has 0 bridgehead atoms. The van der Waals surface area contributed by atoms with Crippen LogP contribution in [-0.4, -0.2) is 0 Å². The monoisotopic (exact) mass is 713 g/mol. The second-order valence-electron chi connectivity index (χ2n) is 14.5. The van der Waals surface area contributed by atoms with Gasteiger partial charge in [-0.3, -0.25) is 0 Å². The minimum absolute atomic E-state index is 0.871. The van der Waals surface area contributed by atoms with Crippen molar-refractivity contribution < 1.29 is 4.42 Å². The van der Waals surface area contributed by atoms with Gasteiger partial charge in [0.25, 0.3) is 0 Å². The van der Waals surface area contributed by atoms with Gasteiger partial charge in [-0.1, -0.05) is 158 Å². The lowest BCUT2D eigenvalue weighted by Gasteiger charge is -2.26. The van der Waals surface area contributed by atoms with E-state index in [-0.39, 0.29) is 0 Å². The smallest absolute Gasteiger partial charge is 0.137 e. The molecule has 0 fully saturated rings. The van der Waals surface area contributed by atoms with E-state index in [2.05, 4.69) is 205 Å². The summed E-state index contributed by atoms with van der Waals surface area (Å²) in [5, 5.41) is 9.78. The van der Waals surface area contributed by atoms with Gasteiger partial charge < -0.3 is 9.32 Å². The molecule has 0 N–H and O–H groups in total. The maximum atomic E-state index is 6.38. The van der Waals surface area contributed by atoms with Gasteiger partial charge in [0.15, 0.2) is 0 Å². The van der Waals surface area contributed by atoms with Gasteiger partial charge >= 0.3 is 0 Å². The van der Waals surface area contributed by atoms with Crippen LogP contribution < -0.4 is 4.90 Å². The van der Waals surface area contributed by atoms with Gasteiger partial charge in [0.1, 0.15) is 11.2 Å². The number of rotatable bonds is 6. The van der Waals surface area contributed by atoms with Gasteiger partial charge in [0.05, 0.1) is 11.1 Å². The molecule has 1 heterocycles. The highest BCUT2D eigenvalue weighted by atomic mass is 16.3. The number of benzene rings is 10. The molecule has 11 aromatic rings. The summed E-state index contributed by atoms with van der Waals surface area (Å²) in [6, 6.07) is 76.5. The van der Waals surface area contributed by atoms with Gasteiger partial charge in [-0.25, -0.2) is 0 Å². The summed E-state index contributed by atoms with van der Waals surface area (Å²) in [5.74, 6) is 0. The molecule has 0 saturated carbocycles. The van der Waals surface area contributed by atoms with Crippen LogP contribution in [0.5, 0.6) is 0 Å². The molecular weight excluding hydrogens is 679 g/mol. The number of para-hydroxylation sites is 1. The first kappa shape index (κ1) is 32.0. The number of hydrogen-bond donors (Lipinski definition) is 0. The zero-order chi connectivity index (χ0) is 37.0. The molecule has 0 spiro atoms. The Morgan fingerprint density at radius 2 is 0.839 bits per heavy atom. The first-order valence-electron chi connectivity index (χ1n) is 19.2. The Kier molecular flexibility index (Phi) is 7.53. The van der Waals surface area contributed by atoms with Crippen LogP contribution in [0.4, 0.5) is 17.1 Å². The zero-order valence-corrected chi connectivity index (χ0v) is 30.6. The van der Waals surface area contributed by atoms with E-state index in [4.69, 9.17) is 4.42 Å². The number of furan rings is 1. The molecule has 0 aliphatic rings. The van der Waals surface area contributed by atoms with Gasteiger partial charge in [0, 0.05) is 16.8 Å². The van der Waals surface area contributed by atoms with E-state index in [9.17, 15) is 0 Å². The quantitative estimate of drug-likeness (QED) is 0.160. The van der Waals surface area contributed by atoms with Crippen molar-refractivity contribution in [3.63, 3.8) is 0 Å². The Hall–Kier alpha value is -7.42. The minimum Gasteiger partial charge on any atom is -0.456 e. The largest absolute Gasteiger partial charge is 0.456 e. The van der Waals surface area contributed by atoms with Gasteiger partial charge in [0.2, 0.25) is 0 Å². The molecular formula is C54H35NO. The first-order valence-corrected chi connectivity index (χ1v) is 19.2. The summed E-state index contributed by atoms with van der Waals surface area (Å²) in [7, 11) is 0. The summed E-state index contributed by atoms with van der Waals surface area (Å²) >= 11 is 0. The normalized spacial score (nSPS) is 11.6. The van der Waals surface area contributed by atoms with E-state index in [0.29, 0.717) is 0 Å². The van der Waals surface area contributed by atoms with E-state index < -0.39 is 0 Å². The lowest BCUT2D eigenvalue weighted by molar-refractivity contribution is 0.669. The lowest BCUT2D eigenvalue weighted by atomic mass is 9.95. The number of hydrogen-bond acceptors (Lipinski definition) is 2. The average Bonchev–Trinajstić information content (AvgIpc) is 3.66. The van der Waals surface area contributed by atoms with Crippen molar-refractivity contribution in [1.82, 2.24) is 0 Å². The molecule has 0 aliphatic carbocycles. The third-order valence-corrected chi connectivity index (χ3v) is 11.2. The van der Waals surface area contributed by atoms with E-state index in [1.54, 1.807) is 0 Å². The Morgan fingerprint density at radius 1 is 0.304 bits per heavy atom. The predicted molar refractivity (Wildman–Crippen MR) is 237 cm³/mol. The summed E-state index contributed by atoms with van der Waals surface area (Å²) in [5.41, 5.74) is 12.2. The SMILES string of the molecule is c1cc(-c2ccc(N(c3ccc(-c4ccc5c(ccc6ccccc65)c4)cc3)c3cccc4oc5ccccc5c34)cc2)cc(-c2cccc3ccccc23)c1. The summed E-state index contributed by atoms with van der Waals surface area (Å²) in [6.45, 7) is 0. The molecule has 2 heteroatoms. The molecule has 0 aliphatic heterocycles. The summed E-state index contributed by atoms with van der Waals surface area (Å²) in [6.07, 6.45) is 0.